The quantitative estimate of drug-likeness (QED) is 0.795. The van der Waals surface area contributed by atoms with Gasteiger partial charge in [0.15, 0.2) is 0 Å². The van der Waals surface area contributed by atoms with E-state index in [-0.39, 0.29) is 12.5 Å². The van der Waals surface area contributed by atoms with Crippen LogP contribution in [0.2, 0.25) is 0 Å². The second-order valence-electron chi connectivity index (χ2n) is 5.95. The van der Waals surface area contributed by atoms with Crippen LogP contribution in [0.5, 0.6) is 0 Å². The summed E-state index contributed by atoms with van der Waals surface area (Å²) >= 11 is 0. The highest BCUT2D eigenvalue weighted by atomic mass is 16.8. The number of benzene rings is 1. The molecule has 25 heavy (non-hydrogen) atoms. The molecule has 3 rings (SSSR count). The molecule has 1 aromatic rings. The van der Waals surface area contributed by atoms with Crippen molar-refractivity contribution < 1.29 is 28.6 Å². The van der Waals surface area contributed by atoms with Crippen molar-refractivity contribution in [2.75, 3.05) is 30.0 Å². The minimum absolute atomic E-state index is 0.0632. The first-order valence-corrected chi connectivity index (χ1v) is 7.86. The van der Waals surface area contributed by atoms with Crippen molar-refractivity contribution in [2.24, 2.45) is 5.73 Å². The smallest absolute Gasteiger partial charge is 0.406 e. The minimum Gasteiger partial charge on any atom is -0.406 e. The van der Waals surface area contributed by atoms with Crippen molar-refractivity contribution in [1.82, 2.24) is 0 Å². The number of ether oxygens (including phenoxy) is 3. The number of primary amides is 1. The van der Waals surface area contributed by atoms with E-state index in [1.54, 1.807) is 23.1 Å². The summed E-state index contributed by atoms with van der Waals surface area (Å²) < 4.78 is 15.0. The third-order valence-corrected chi connectivity index (χ3v) is 3.94. The van der Waals surface area contributed by atoms with Gasteiger partial charge in [0, 0.05) is 30.8 Å². The van der Waals surface area contributed by atoms with Gasteiger partial charge in [-0.15, -0.1) is 0 Å². The van der Waals surface area contributed by atoms with Gasteiger partial charge in [-0.05, 0) is 30.7 Å². The third-order valence-electron chi connectivity index (χ3n) is 3.94. The van der Waals surface area contributed by atoms with E-state index >= 15 is 0 Å². The third kappa shape index (κ3) is 4.00. The van der Waals surface area contributed by atoms with Gasteiger partial charge in [-0.3, -0.25) is 10.1 Å². The summed E-state index contributed by atoms with van der Waals surface area (Å²) in [7, 11) is 0. The van der Waals surface area contributed by atoms with Crippen LogP contribution in [0.3, 0.4) is 0 Å². The first kappa shape index (κ1) is 17.0. The molecule has 0 aromatic heterocycles. The molecular weight excluding hydrogens is 330 g/mol. The number of aryl methyl sites for hydroxylation is 1. The molecule has 0 unspecified atom stereocenters. The van der Waals surface area contributed by atoms with E-state index < -0.39 is 18.0 Å². The van der Waals surface area contributed by atoms with Crippen LogP contribution in [0, 0.1) is 6.92 Å². The number of hydrogen-bond donors (Lipinski definition) is 2. The van der Waals surface area contributed by atoms with Crippen LogP contribution in [0.4, 0.5) is 21.0 Å². The Morgan fingerprint density at radius 2 is 2.08 bits per heavy atom. The summed E-state index contributed by atoms with van der Waals surface area (Å²) in [6.45, 7) is 2.88. The van der Waals surface area contributed by atoms with Gasteiger partial charge in [-0.2, -0.15) is 0 Å². The Hall–Kier alpha value is -2.81. The maximum Gasteiger partial charge on any atom is 0.414 e. The zero-order valence-electron chi connectivity index (χ0n) is 13.7. The SMILES string of the molecule is Cc1cc(NC(=O)OC2(OC(N)=O)CC2)ccc1N1CCOCC1=O. The van der Waals surface area contributed by atoms with Crippen molar-refractivity contribution in [1.29, 1.82) is 0 Å². The molecule has 3 amide bonds. The van der Waals surface area contributed by atoms with E-state index in [1.165, 1.54) is 0 Å². The number of nitrogens with one attached hydrogen (secondary N) is 1. The first-order valence-electron chi connectivity index (χ1n) is 7.86. The molecule has 1 aliphatic carbocycles. The van der Waals surface area contributed by atoms with Gasteiger partial charge in [0.25, 0.3) is 11.7 Å². The van der Waals surface area contributed by atoms with Gasteiger partial charge in [0.05, 0.1) is 6.61 Å². The number of morpholine rings is 1. The van der Waals surface area contributed by atoms with Gasteiger partial charge >= 0.3 is 12.2 Å². The van der Waals surface area contributed by atoms with Crippen LogP contribution in [0.25, 0.3) is 0 Å². The zero-order chi connectivity index (χ0) is 18.0. The topological polar surface area (TPSA) is 120 Å². The zero-order valence-corrected chi connectivity index (χ0v) is 13.7. The second kappa shape index (κ2) is 6.60. The molecule has 1 saturated carbocycles. The maximum atomic E-state index is 12.0. The monoisotopic (exact) mass is 349 g/mol. The van der Waals surface area contributed by atoms with Crippen LogP contribution in [0.1, 0.15) is 18.4 Å². The number of carbonyl (C=O) groups is 3. The summed E-state index contributed by atoms with van der Waals surface area (Å²) in [4.78, 5) is 36.3. The number of rotatable bonds is 4. The molecule has 2 fully saturated rings. The number of anilines is 2. The molecule has 1 heterocycles. The Kier molecular flexibility index (Phi) is 4.49. The average molecular weight is 349 g/mol. The lowest BCUT2D eigenvalue weighted by Gasteiger charge is -2.28. The number of nitrogens with two attached hydrogens (primary N) is 1. The lowest BCUT2D eigenvalue weighted by atomic mass is 10.1. The first-order chi connectivity index (χ1) is 11.9. The molecule has 0 bridgehead atoms. The highest BCUT2D eigenvalue weighted by molar-refractivity contribution is 5.96. The molecule has 2 aliphatic rings. The second-order valence-corrected chi connectivity index (χ2v) is 5.95. The van der Waals surface area contributed by atoms with E-state index in [0.717, 1.165) is 11.3 Å². The van der Waals surface area contributed by atoms with Crippen LogP contribution in [0.15, 0.2) is 18.2 Å². The molecule has 134 valence electrons. The van der Waals surface area contributed by atoms with Gasteiger partial charge in [-0.1, -0.05) is 0 Å². The number of amides is 3. The fraction of sp³-hybridized carbons (Fsp3) is 0.438. The lowest BCUT2D eigenvalue weighted by Crippen LogP contribution is -2.42. The molecule has 9 heteroatoms. The Morgan fingerprint density at radius 1 is 1.32 bits per heavy atom. The van der Waals surface area contributed by atoms with Gasteiger partial charge < -0.3 is 24.8 Å². The van der Waals surface area contributed by atoms with Gasteiger partial charge in [0.1, 0.15) is 6.61 Å². The van der Waals surface area contributed by atoms with Crippen molar-refractivity contribution in [3.05, 3.63) is 23.8 Å². The largest absolute Gasteiger partial charge is 0.414 e. The Labute approximate surface area is 144 Å². The molecule has 9 nitrogen and oxygen atoms in total. The normalized spacial score (nSPS) is 18.4. The van der Waals surface area contributed by atoms with Gasteiger partial charge in [0.2, 0.25) is 0 Å². The number of nitrogens with zero attached hydrogens (tertiary/aromatic N) is 1. The van der Waals surface area contributed by atoms with Crippen molar-refractivity contribution in [3.8, 4) is 0 Å². The predicted octanol–water partition coefficient (Wildman–Crippen LogP) is 1.49. The lowest BCUT2D eigenvalue weighted by molar-refractivity contribution is -0.125. The molecular formula is C16H19N3O6. The Bertz CT molecular complexity index is 716. The van der Waals surface area contributed by atoms with Gasteiger partial charge in [-0.25, -0.2) is 9.59 Å². The highest BCUT2D eigenvalue weighted by Gasteiger charge is 2.51. The average Bonchev–Trinajstić information content (AvgIpc) is 3.26. The molecule has 0 radical (unpaired) electrons. The van der Waals surface area contributed by atoms with E-state index in [2.05, 4.69) is 5.32 Å². The number of hydrogen-bond acceptors (Lipinski definition) is 6. The molecule has 1 aliphatic heterocycles. The predicted molar refractivity (Wildman–Crippen MR) is 87.1 cm³/mol. The van der Waals surface area contributed by atoms with Crippen LogP contribution in [-0.4, -0.2) is 43.6 Å². The van der Waals surface area contributed by atoms with E-state index in [1.807, 2.05) is 6.92 Å². The minimum atomic E-state index is -1.24. The molecule has 3 N–H and O–H groups in total. The maximum absolute atomic E-state index is 12.0. The molecule has 1 aromatic carbocycles. The fourth-order valence-corrected chi connectivity index (χ4v) is 2.63. The van der Waals surface area contributed by atoms with Crippen molar-refractivity contribution in [2.45, 2.75) is 25.6 Å². The van der Waals surface area contributed by atoms with Crippen LogP contribution < -0.4 is 16.0 Å². The summed E-state index contributed by atoms with van der Waals surface area (Å²) in [5.74, 6) is -1.35. The highest BCUT2D eigenvalue weighted by Crippen LogP contribution is 2.41. The molecule has 0 atom stereocenters. The fourth-order valence-electron chi connectivity index (χ4n) is 2.63. The Balaban J connectivity index is 1.64. The molecule has 0 spiro atoms. The van der Waals surface area contributed by atoms with Crippen LogP contribution >= 0.6 is 0 Å². The summed E-state index contributed by atoms with van der Waals surface area (Å²) in [5.41, 5.74) is 7.04. The van der Waals surface area contributed by atoms with Crippen LogP contribution in [-0.2, 0) is 19.0 Å². The van der Waals surface area contributed by atoms with Crippen molar-refractivity contribution >= 4 is 29.5 Å². The molecule has 1 saturated heterocycles. The van der Waals surface area contributed by atoms with Crippen molar-refractivity contribution in [3.63, 3.8) is 0 Å². The standard InChI is InChI=1S/C16H19N3O6/c1-10-8-11(2-3-12(10)19-6-7-23-9-13(19)20)18-15(22)25-16(4-5-16)24-14(17)21/h2-3,8H,4-7,9H2,1H3,(H2,17,21)(H,18,22). The van der Waals surface area contributed by atoms with E-state index in [4.69, 9.17) is 19.9 Å². The number of carbonyl (C=O) groups excluding carboxylic acids is 3. The summed E-state index contributed by atoms with van der Waals surface area (Å²) in [6, 6.07) is 5.15. The Morgan fingerprint density at radius 3 is 2.68 bits per heavy atom. The summed E-state index contributed by atoms with van der Waals surface area (Å²) in [6.07, 6.45) is -0.893. The van der Waals surface area contributed by atoms with E-state index in [9.17, 15) is 14.4 Å². The van der Waals surface area contributed by atoms with E-state index in [0.29, 0.717) is 31.7 Å². The summed E-state index contributed by atoms with van der Waals surface area (Å²) in [5, 5.41) is 2.57.